The average Bonchev–Trinajstić information content (AvgIpc) is 3.04. The van der Waals surface area contributed by atoms with E-state index in [1.807, 2.05) is 36.4 Å². The molecule has 0 spiro atoms. The summed E-state index contributed by atoms with van der Waals surface area (Å²) in [5.41, 5.74) is 1.44. The first-order chi connectivity index (χ1) is 21.3. The standard InChI is InChI=1S/C35H33ClFNO6/c1-21(2)43-33-27(34(39)41-4)17-23(19-29(33)37)35(22-9-10-31(40-3)28(36)18-22)12-11-26-24-7-5-6-8-25(24)30(20-32(26)44-35)38-13-15-42-16-14-38/h5-12,17-21H,13-16H2,1-4H3. The van der Waals surface area contributed by atoms with Gasteiger partial charge in [0.15, 0.2) is 17.2 Å². The van der Waals surface area contributed by atoms with Crippen molar-refractivity contribution in [2.24, 2.45) is 0 Å². The van der Waals surface area contributed by atoms with E-state index >= 15 is 4.39 Å². The van der Waals surface area contributed by atoms with Gasteiger partial charge in [-0.2, -0.15) is 0 Å². The summed E-state index contributed by atoms with van der Waals surface area (Å²) in [6, 6.07) is 18.4. The van der Waals surface area contributed by atoms with E-state index in [4.69, 9.17) is 35.3 Å². The molecule has 7 nitrogen and oxygen atoms in total. The minimum Gasteiger partial charge on any atom is -0.495 e. The SMILES string of the molecule is COC(=O)c1cc(C2(c3ccc(OC)c(Cl)c3)C=Cc3c(cc(N4CCOCC4)c4ccccc34)O2)cc(F)c1OC(C)C. The molecule has 2 aliphatic heterocycles. The fourth-order valence-corrected chi connectivity index (χ4v) is 6.14. The summed E-state index contributed by atoms with van der Waals surface area (Å²) in [6.45, 7) is 6.25. The number of rotatable bonds is 7. The number of benzene rings is 4. The van der Waals surface area contributed by atoms with Gasteiger partial charge in [-0.3, -0.25) is 0 Å². The van der Waals surface area contributed by atoms with Crippen LogP contribution in [0.25, 0.3) is 16.8 Å². The maximum Gasteiger partial charge on any atom is 0.341 e. The summed E-state index contributed by atoms with van der Waals surface area (Å²) in [5.74, 6) is -0.550. The van der Waals surface area contributed by atoms with Gasteiger partial charge in [0, 0.05) is 46.9 Å². The highest BCUT2D eigenvalue weighted by atomic mass is 35.5. The van der Waals surface area contributed by atoms with Gasteiger partial charge in [0.1, 0.15) is 17.1 Å². The third-order valence-electron chi connectivity index (χ3n) is 7.95. The third kappa shape index (κ3) is 5.22. The van der Waals surface area contributed by atoms with E-state index in [1.54, 1.807) is 32.0 Å². The number of carbonyl (C=O) groups is 1. The predicted octanol–water partition coefficient (Wildman–Crippen LogP) is 7.40. The number of halogens is 2. The van der Waals surface area contributed by atoms with Crippen LogP contribution in [0.4, 0.5) is 10.1 Å². The van der Waals surface area contributed by atoms with Crippen molar-refractivity contribution >= 4 is 40.1 Å². The van der Waals surface area contributed by atoms with E-state index in [2.05, 4.69) is 17.0 Å². The molecule has 1 fully saturated rings. The molecule has 0 saturated carbocycles. The fraction of sp³-hybridized carbons (Fsp3) is 0.286. The zero-order chi connectivity index (χ0) is 31.0. The molecule has 0 N–H and O–H groups in total. The van der Waals surface area contributed by atoms with Crippen LogP contribution in [-0.4, -0.2) is 52.6 Å². The summed E-state index contributed by atoms with van der Waals surface area (Å²) >= 11 is 6.63. The van der Waals surface area contributed by atoms with E-state index in [0.717, 1.165) is 35.1 Å². The van der Waals surface area contributed by atoms with Crippen LogP contribution < -0.4 is 19.1 Å². The second-order valence-electron chi connectivity index (χ2n) is 11.0. The van der Waals surface area contributed by atoms with Crippen molar-refractivity contribution in [3.05, 3.63) is 99.8 Å². The molecule has 1 atom stereocenters. The summed E-state index contributed by atoms with van der Waals surface area (Å²) < 4.78 is 44.7. The Balaban J connectivity index is 1.60. The normalized spacial score (nSPS) is 17.8. The molecule has 1 saturated heterocycles. The topological polar surface area (TPSA) is 66.5 Å². The zero-order valence-corrected chi connectivity index (χ0v) is 25.7. The number of hydrogen-bond donors (Lipinski definition) is 0. The Morgan fingerprint density at radius 2 is 1.75 bits per heavy atom. The lowest BCUT2D eigenvalue weighted by Gasteiger charge is -2.38. The Kier molecular flexibility index (Phi) is 8.14. The van der Waals surface area contributed by atoms with Gasteiger partial charge >= 0.3 is 5.97 Å². The van der Waals surface area contributed by atoms with Gasteiger partial charge in [0.05, 0.1) is 38.6 Å². The summed E-state index contributed by atoms with van der Waals surface area (Å²) in [7, 11) is 2.78. The van der Waals surface area contributed by atoms with Crippen molar-refractivity contribution in [1.82, 2.24) is 0 Å². The average molecular weight is 618 g/mol. The smallest absolute Gasteiger partial charge is 0.341 e. The Hall–Kier alpha value is -4.27. The number of carbonyl (C=O) groups excluding carboxylic acids is 1. The number of ether oxygens (including phenoxy) is 5. The van der Waals surface area contributed by atoms with Crippen LogP contribution in [0.2, 0.25) is 5.02 Å². The quantitative estimate of drug-likeness (QED) is 0.200. The van der Waals surface area contributed by atoms with Gasteiger partial charge in [-0.25, -0.2) is 9.18 Å². The molecule has 4 aromatic rings. The number of hydrogen-bond acceptors (Lipinski definition) is 7. The summed E-state index contributed by atoms with van der Waals surface area (Å²) in [6.07, 6.45) is 3.47. The van der Waals surface area contributed by atoms with Crippen LogP contribution in [0, 0.1) is 5.82 Å². The van der Waals surface area contributed by atoms with E-state index in [9.17, 15) is 4.79 Å². The van der Waals surface area contributed by atoms with Gasteiger partial charge in [0.2, 0.25) is 0 Å². The van der Waals surface area contributed by atoms with Crippen LogP contribution in [0.15, 0.2) is 66.7 Å². The number of morpholine rings is 1. The number of fused-ring (bicyclic) bond motifs is 3. The molecule has 2 aliphatic rings. The molecule has 228 valence electrons. The number of nitrogens with zero attached hydrogens (tertiary/aromatic N) is 1. The van der Waals surface area contributed by atoms with Crippen LogP contribution >= 0.6 is 11.6 Å². The zero-order valence-electron chi connectivity index (χ0n) is 25.0. The highest BCUT2D eigenvalue weighted by molar-refractivity contribution is 6.32. The molecule has 9 heteroatoms. The van der Waals surface area contributed by atoms with Crippen LogP contribution in [0.1, 0.15) is 40.9 Å². The molecule has 0 amide bonds. The molecule has 0 aliphatic carbocycles. The van der Waals surface area contributed by atoms with Crippen molar-refractivity contribution in [3.63, 3.8) is 0 Å². The molecule has 0 bridgehead atoms. The van der Waals surface area contributed by atoms with E-state index < -0.39 is 17.4 Å². The Morgan fingerprint density at radius 3 is 2.43 bits per heavy atom. The van der Waals surface area contributed by atoms with Gasteiger partial charge < -0.3 is 28.6 Å². The molecule has 1 unspecified atom stereocenters. The largest absolute Gasteiger partial charge is 0.495 e. The molecule has 0 radical (unpaired) electrons. The monoisotopic (exact) mass is 617 g/mol. The fourth-order valence-electron chi connectivity index (χ4n) is 5.88. The maximum atomic E-state index is 15.9. The van der Waals surface area contributed by atoms with Crippen molar-refractivity contribution in [2.75, 3.05) is 45.4 Å². The van der Waals surface area contributed by atoms with E-state index in [-0.39, 0.29) is 17.4 Å². The van der Waals surface area contributed by atoms with Crippen LogP contribution in [0.5, 0.6) is 17.2 Å². The second kappa shape index (κ2) is 12.0. The van der Waals surface area contributed by atoms with Crippen molar-refractivity contribution in [1.29, 1.82) is 0 Å². The third-order valence-corrected chi connectivity index (χ3v) is 8.24. The first-order valence-electron chi connectivity index (χ1n) is 14.5. The highest BCUT2D eigenvalue weighted by Crippen LogP contribution is 2.48. The minimum atomic E-state index is -1.38. The lowest BCUT2D eigenvalue weighted by Crippen LogP contribution is -2.37. The highest BCUT2D eigenvalue weighted by Gasteiger charge is 2.40. The Morgan fingerprint density at radius 1 is 1.00 bits per heavy atom. The minimum absolute atomic E-state index is 0.0505. The lowest BCUT2D eigenvalue weighted by molar-refractivity contribution is 0.0592. The molecule has 2 heterocycles. The van der Waals surface area contributed by atoms with Gasteiger partial charge in [0.25, 0.3) is 0 Å². The number of anilines is 1. The van der Waals surface area contributed by atoms with Crippen molar-refractivity contribution < 1.29 is 32.9 Å². The molecule has 0 aromatic heterocycles. The summed E-state index contributed by atoms with van der Waals surface area (Å²) in [5, 5.41) is 2.47. The number of esters is 1. The molecule has 4 aromatic carbocycles. The summed E-state index contributed by atoms with van der Waals surface area (Å²) in [4.78, 5) is 15.2. The second-order valence-corrected chi connectivity index (χ2v) is 11.4. The van der Waals surface area contributed by atoms with Crippen molar-refractivity contribution in [2.45, 2.75) is 25.6 Å². The first-order valence-corrected chi connectivity index (χ1v) is 14.8. The number of methoxy groups -OCH3 is 2. The van der Waals surface area contributed by atoms with Gasteiger partial charge in [-0.15, -0.1) is 0 Å². The Bertz CT molecular complexity index is 1770. The molecule has 44 heavy (non-hydrogen) atoms. The predicted molar refractivity (Wildman–Crippen MR) is 169 cm³/mol. The lowest BCUT2D eigenvalue weighted by atomic mass is 9.82. The van der Waals surface area contributed by atoms with E-state index in [1.165, 1.54) is 20.3 Å². The maximum absolute atomic E-state index is 15.9. The van der Waals surface area contributed by atoms with Gasteiger partial charge in [-0.1, -0.05) is 41.9 Å². The molecule has 6 rings (SSSR count). The van der Waals surface area contributed by atoms with E-state index in [0.29, 0.717) is 40.9 Å². The van der Waals surface area contributed by atoms with Crippen LogP contribution in [-0.2, 0) is 15.1 Å². The first kappa shape index (κ1) is 29.8. The van der Waals surface area contributed by atoms with Gasteiger partial charge in [-0.05, 0) is 55.7 Å². The molecular weight excluding hydrogens is 585 g/mol. The molecular formula is C35H33ClFNO6. The van der Waals surface area contributed by atoms with Crippen LogP contribution in [0.3, 0.4) is 0 Å². The Labute approximate surface area is 260 Å². The van der Waals surface area contributed by atoms with Crippen molar-refractivity contribution in [3.8, 4) is 17.2 Å².